The molecule has 0 unspecified atom stereocenters. The zero-order valence-corrected chi connectivity index (χ0v) is 10.7. The van der Waals surface area contributed by atoms with Crippen LogP contribution in [0.1, 0.15) is 30.6 Å². The van der Waals surface area contributed by atoms with E-state index in [1.165, 1.54) is 30.6 Å². The van der Waals surface area contributed by atoms with Crippen molar-refractivity contribution < 1.29 is 0 Å². The normalized spacial score (nSPS) is 10.6. The zero-order valence-electron chi connectivity index (χ0n) is 7.56. The monoisotopic (exact) mass is 280 g/mol. The number of alkyl halides is 1. The van der Waals surface area contributed by atoms with Crippen molar-refractivity contribution in [3.05, 3.63) is 21.3 Å². The van der Waals surface area contributed by atoms with Crippen molar-refractivity contribution in [1.29, 1.82) is 0 Å². The van der Waals surface area contributed by atoms with E-state index < -0.39 is 0 Å². The van der Waals surface area contributed by atoms with Crippen LogP contribution >= 0.6 is 38.9 Å². The Kier molecular flexibility index (Phi) is 6.09. The van der Waals surface area contributed by atoms with Crippen molar-refractivity contribution in [2.75, 3.05) is 5.33 Å². The molecule has 3 heteroatoms. The minimum absolute atomic E-state index is 0.950. The Morgan fingerprint density at radius 1 is 1.23 bits per heavy atom. The van der Waals surface area contributed by atoms with Crippen LogP contribution in [0.3, 0.4) is 0 Å². The number of hydrogen-bond donors (Lipinski definition) is 0. The van der Waals surface area contributed by atoms with Gasteiger partial charge in [0.1, 0.15) is 0 Å². The van der Waals surface area contributed by atoms with Crippen LogP contribution in [0.15, 0.2) is 11.4 Å². The SMILES string of the molecule is Clc1ccsc1CCCCCCBr. The third-order valence-corrected chi connectivity index (χ3v) is 3.99. The van der Waals surface area contributed by atoms with Crippen LogP contribution in [-0.4, -0.2) is 5.33 Å². The van der Waals surface area contributed by atoms with Crippen LogP contribution in [0, 0.1) is 0 Å². The third-order valence-electron chi connectivity index (χ3n) is 1.98. The Labute approximate surface area is 97.4 Å². The molecule has 1 aromatic rings. The van der Waals surface area contributed by atoms with E-state index in [9.17, 15) is 0 Å². The van der Waals surface area contributed by atoms with E-state index in [0.717, 1.165) is 16.8 Å². The second-order valence-corrected chi connectivity index (χ2v) is 5.25. The van der Waals surface area contributed by atoms with Gasteiger partial charge in [-0.3, -0.25) is 0 Å². The predicted octanol–water partition coefficient (Wildman–Crippen LogP) is 4.90. The number of halogens is 2. The molecule has 0 amide bonds. The molecule has 0 saturated heterocycles. The van der Waals surface area contributed by atoms with E-state index in [0.29, 0.717) is 0 Å². The summed E-state index contributed by atoms with van der Waals surface area (Å²) in [6.45, 7) is 0. The summed E-state index contributed by atoms with van der Waals surface area (Å²) >= 11 is 11.2. The Morgan fingerprint density at radius 2 is 2.00 bits per heavy atom. The van der Waals surface area contributed by atoms with Gasteiger partial charge in [-0.2, -0.15) is 0 Å². The van der Waals surface area contributed by atoms with Gasteiger partial charge in [-0.15, -0.1) is 11.3 Å². The highest BCUT2D eigenvalue weighted by molar-refractivity contribution is 9.09. The third kappa shape index (κ3) is 4.48. The summed E-state index contributed by atoms with van der Waals surface area (Å²) in [5.41, 5.74) is 0. The van der Waals surface area contributed by atoms with Crippen molar-refractivity contribution in [2.24, 2.45) is 0 Å². The lowest BCUT2D eigenvalue weighted by atomic mass is 10.1. The quantitative estimate of drug-likeness (QED) is 0.514. The predicted molar refractivity (Wildman–Crippen MR) is 65.3 cm³/mol. The second kappa shape index (κ2) is 6.86. The van der Waals surface area contributed by atoms with E-state index >= 15 is 0 Å². The fourth-order valence-electron chi connectivity index (χ4n) is 1.24. The summed E-state index contributed by atoms with van der Waals surface area (Å²) in [6, 6.07) is 1.99. The van der Waals surface area contributed by atoms with Gasteiger partial charge in [0.25, 0.3) is 0 Å². The molecule has 13 heavy (non-hydrogen) atoms. The summed E-state index contributed by atoms with van der Waals surface area (Å²) in [5.74, 6) is 0. The molecule has 0 N–H and O–H groups in total. The van der Waals surface area contributed by atoms with E-state index in [1.54, 1.807) is 11.3 Å². The molecule has 0 bridgehead atoms. The topological polar surface area (TPSA) is 0 Å². The summed E-state index contributed by atoms with van der Waals surface area (Å²) < 4.78 is 0. The maximum atomic E-state index is 5.98. The molecule has 1 rings (SSSR count). The molecule has 0 saturated carbocycles. The average molecular weight is 282 g/mol. The molecule has 0 aromatic carbocycles. The van der Waals surface area contributed by atoms with Crippen molar-refractivity contribution in [3.8, 4) is 0 Å². The van der Waals surface area contributed by atoms with Crippen LogP contribution in [0.5, 0.6) is 0 Å². The minimum Gasteiger partial charge on any atom is -0.147 e. The first kappa shape index (κ1) is 11.5. The van der Waals surface area contributed by atoms with E-state index in [2.05, 4.69) is 21.3 Å². The second-order valence-electron chi connectivity index (χ2n) is 3.04. The lowest BCUT2D eigenvalue weighted by molar-refractivity contribution is 0.675. The first-order valence-electron chi connectivity index (χ1n) is 4.62. The molecule has 1 heterocycles. The molecule has 0 fully saturated rings. The van der Waals surface area contributed by atoms with Crippen LogP contribution in [0.25, 0.3) is 0 Å². The van der Waals surface area contributed by atoms with Gasteiger partial charge in [-0.25, -0.2) is 0 Å². The van der Waals surface area contributed by atoms with Crippen LogP contribution < -0.4 is 0 Å². The summed E-state index contributed by atoms with van der Waals surface area (Å²) in [4.78, 5) is 1.35. The summed E-state index contributed by atoms with van der Waals surface area (Å²) in [6.07, 6.45) is 6.36. The van der Waals surface area contributed by atoms with Crippen molar-refractivity contribution in [1.82, 2.24) is 0 Å². The van der Waals surface area contributed by atoms with Crippen molar-refractivity contribution in [2.45, 2.75) is 32.1 Å². The fourth-order valence-corrected chi connectivity index (χ4v) is 2.81. The fraction of sp³-hybridized carbons (Fsp3) is 0.600. The van der Waals surface area contributed by atoms with Crippen LogP contribution in [0.4, 0.5) is 0 Å². The molecule has 0 spiro atoms. The molecule has 0 aliphatic rings. The summed E-state index contributed by atoms with van der Waals surface area (Å²) in [5, 5.41) is 4.15. The van der Waals surface area contributed by atoms with Gasteiger partial charge < -0.3 is 0 Å². The largest absolute Gasteiger partial charge is 0.147 e. The molecule has 0 aliphatic heterocycles. The molecule has 0 radical (unpaired) electrons. The van der Waals surface area contributed by atoms with Crippen molar-refractivity contribution >= 4 is 38.9 Å². The average Bonchev–Trinajstić information content (AvgIpc) is 2.52. The van der Waals surface area contributed by atoms with Gasteiger partial charge in [-0.05, 0) is 30.7 Å². The standard InChI is InChI=1S/C10H14BrClS/c11-7-4-2-1-3-5-10-9(12)6-8-13-10/h6,8H,1-5,7H2. The van der Waals surface area contributed by atoms with E-state index in [4.69, 9.17) is 11.6 Å². The lowest BCUT2D eigenvalue weighted by Gasteiger charge is -1.98. The highest BCUT2D eigenvalue weighted by Crippen LogP contribution is 2.24. The smallest absolute Gasteiger partial charge is 0.0544 e. The number of thiophene rings is 1. The van der Waals surface area contributed by atoms with Gasteiger partial charge in [0, 0.05) is 10.2 Å². The van der Waals surface area contributed by atoms with Gasteiger partial charge in [0.2, 0.25) is 0 Å². The van der Waals surface area contributed by atoms with E-state index in [1.807, 2.05) is 6.07 Å². The van der Waals surface area contributed by atoms with Crippen molar-refractivity contribution in [3.63, 3.8) is 0 Å². The Bertz CT molecular complexity index is 235. The molecule has 0 aliphatic carbocycles. The molecular weight excluding hydrogens is 268 g/mol. The van der Waals surface area contributed by atoms with E-state index in [-0.39, 0.29) is 0 Å². The minimum atomic E-state index is 0.950. The number of rotatable bonds is 6. The molecular formula is C10H14BrClS. The van der Waals surface area contributed by atoms with Crippen LogP contribution in [-0.2, 0) is 6.42 Å². The lowest BCUT2D eigenvalue weighted by Crippen LogP contribution is -1.83. The van der Waals surface area contributed by atoms with Gasteiger partial charge in [-0.1, -0.05) is 40.4 Å². The van der Waals surface area contributed by atoms with Gasteiger partial charge in [0.15, 0.2) is 0 Å². The first-order valence-corrected chi connectivity index (χ1v) is 7.00. The van der Waals surface area contributed by atoms with Crippen LogP contribution in [0.2, 0.25) is 5.02 Å². The Balaban J connectivity index is 2.10. The zero-order chi connectivity index (χ0) is 9.52. The number of aryl methyl sites for hydroxylation is 1. The van der Waals surface area contributed by atoms with Gasteiger partial charge >= 0.3 is 0 Å². The number of unbranched alkanes of at least 4 members (excludes halogenated alkanes) is 3. The maximum absolute atomic E-state index is 5.98. The maximum Gasteiger partial charge on any atom is 0.0544 e. The highest BCUT2D eigenvalue weighted by Gasteiger charge is 2.00. The molecule has 0 atom stereocenters. The molecule has 74 valence electrons. The Hall–Kier alpha value is 0.470. The molecule has 0 nitrogen and oxygen atoms in total. The summed E-state index contributed by atoms with van der Waals surface area (Å²) in [7, 11) is 0. The first-order chi connectivity index (χ1) is 6.34. The highest BCUT2D eigenvalue weighted by atomic mass is 79.9. The Morgan fingerprint density at radius 3 is 2.62 bits per heavy atom. The van der Waals surface area contributed by atoms with Gasteiger partial charge in [0.05, 0.1) is 5.02 Å². The molecule has 1 aromatic heterocycles. The number of hydrogen-bond acceptors (Lipinski definition) is 1.